The molecule has 0 amide bonds. The number of sulfone groups is 1. The lowest BCUT2D eigenvalue weighted by Crippen LogP contribution is -2.43. The molecule has 2 aliphatic rings. The maximum absolute atomic E-state index is 12.5. The van der Waals surface area contributed by atoms with Gasteiger partial charge < -0.3 is 14.6 Å². The van der Waals surface area contributed by atoms with Gasteiger partial charge >= 0.3 is 11.2 Å². The highest BCUT2D eigenvalue weighted by molar-refractivity contribution is 7.91. The number of aromatic nitrogens is 2. The first-order valence-corrected chi connectivity index (χ1v) is 8.75. The van der Waals surface area contributed by atoms with Gasteiger partial charge in [0.05, 0.1) is 5.25 Å². The second kappa shape index (κ2) is 5.69. The summed E-state index contributed by atoms with van der Waals surface area (Å²) in [5.74, 6) is 0. The highest BCUT2D eigenvalue weighted by Gasteiger charge is 2.34. The van der Waals surface area contributed by atoms with Gasteiger partial charge in [-0.2, -0.15) is 0 Å². The Labute approximate surface area is 118 Å². The largest absolute Gasteiger partial charge is 0.394 e. The molecular formula is C12H20N4O3S. The SMILES string of the molecule is O=S(=O)(c1nnc(N2CCNCC2)o1)C1CCCCC1. The van der Waals surface area contributed by atoms with Crippen molar-refractivity contribution in [3.8, 4) is 0 Å². The predicted molar refractivity (Wildman–Crippen MR) is 73.4 cm³/mol. The number of hydrogen-bond donors (Lipinski definition) is 1. The number of rotatable bonds is 3. The molecule has 0 aromatic carbocycles. The van der Waals surface area contributed by atoms with Crippen molar-refractivity contribution < 1.29 is 12.8 Å². The average molecular weight is 300 g/mol. The fourth-order valence-corrected chi connectivity index (χ4v) is 4.40. The highest BCUT2D eigenvalue weighted by Crippen LogP contribution is 2.29. The lowest BCUT2D eigenvalue weighted by Gasteiger charge is -2.25. The van der Waals surface area contributed by atoms with Crippen LogP contribution >= 0.6 is 0 Å². The van der Waals surface area contributed by atoms with E-state index in [1.54, 1.807) is 0 Å². The van der Waals surface area contributed by atoms with Gasteiger partial charge in [-0.05, 0) is 12.8 Å². The summed E-state index contributed by atoms with van der Waals surface area (Å²) in [6.07, 6.45) is 4.44. The summed E-state index contributed by atoms with van der Waals surface area (Å²) in [5, 5.41) is 10.3. The third-order valence-electron chi connectivity index (χ3n) is 4.02. The zero-order chi connectivity index (χ0) is 14.0. The molecule has 0 spiro atoms. The van der Waals surface area contributed by atoms with Crippen LogP contribution in [-0.2, 0) is 9.84 Å². The molecule has 0 unspecified atom stereocenters. The van der Waals surface area contributed by atoms with Crippen molar-refractivity contribution in [1.29, 1.82) is 0 Å². The van der Waals surface area contributed by atoms with Gasteiger partial charge in [-0.15, -0.1) is 0 Å². The number of piperazine rings is 1. The van der Waals surface area contributed by atoms with E-state index < -0.39 is 9.84 Å². The summed E-state index contributed by atoms with van der Waals surface area (Å²) >= 11 is 0. The Hall–Kier alpha value is -1.15. The van der Waals surface area contributed by atoms with Crippen LogP contribution in [-0.4, -0.2) is 50.0 Å². The Morgan fingerprint density at radius 2 is 1.80 bits per heavy atom. The minimum atomic E-state index is -3.46. The first kappa shape index (κ1) is 13.8. The average Bonchev–Trinajstić information content (AvgIpc) is 3.00. The van der Waals surface area contributed by atoms with E-state index in [1.165, 1.54) is 0 Å². The molecule has 8 heteroatoms. The summed E-state index contributed by atoms with van der Waals surface area (Å²) in [6.45, 7) is 3.19. The minimum absolute atomic E-state index is 0.210. The molecule has 3 rings (SSSR count). The van der Waals surface area contributed by atoms with Crippen LogP contribution in [0.15, 0.2) is 9.64 Å². The minimum Gasteiger partial charge on any atom is -0.394 e. The molecule has 1 aliphatic heterocycles. The number of hydrogen-bond acceptors (Lipinski definition) is 7. The highest BCUT2D eigenvalue weighted by atomic mass is 32.2. The zero-order valence-electron chi connectivity index (χ0n) is 11.4. The van der Waals surface area contributed by atoms with Crippen molar-refractivity contribution in [3.63, 3.8) is 0 Å². The van der Waals surface area contributed by atoms with Crippen LogP contribution in [0.1, 0.15) is 32.1 Å². The molecule has 1 aromatic rings. The summed E-state index contributed by atoms with van der Waals surface area (Å²) in [6, 6.07) is 0.320. The molecule has 1 N–H and O–H groups in total. The molecular weight excluding hydrogens is 280 g/mol. The number of anilines is 1. The molecule has 2 heterocycles. The molecule has 1 saturated heterocycles. The predicted octanol–water partition coefficient (Wildman–Crippen LogP) is 0.586. The van der Waals surface area contributed by atoms with Gasteiger partial charge in [0.15, 0.2) is 0 Å². The summed E-state index contributed by atoms with van der Waals surface area (Å²) < 4.78 is 30.3. The Balaban J connectivity index is 1.78. The van der Waals surface area contributed by atoms with Gasteiger partial charge in [-0.3, -0.25) is 0 Å². The van der Waals surface area contributed by atoms with Crippen LogP contribution in [0.3, 0.4) is 0 Å². The van der Waals surface area contributed by atoms with E-state index in [0.717, 1.165) is 45.4 Å². The van der Waals surface area contributed by atoms with Gasteiger partial charge in [-0.25, -0.2) is 8.42 Å². The number of nitrogens with zero attached hydrogens (tertiary/aromatic N) is 3. The molecule has 1 aromatic heterocycles. The van der Waals surface area contributed by atoms with Gasteiger partial charge in [0.25, 0.3) is 0 Å². The summed E-state index contributed by atoms with van der Waals surface area (Å²) in [4.78, 5) is 1.92. The molecule has 7 nitrogen and oxygen atoms in total. The Morgan fingerprint density at radius 1 is 1.10 bits per heavy atom. The maximum Gasteiger partial charge on any atom is 0.337 e. The first-order valence-electron chi connectivity index (χ1n) is 7.21. The van der Waals surface area contributed by atoms with E-state index in [0.29, 0.717) is 18.9 Å². The van der Waals surface area contributed by atoms with Crippen molar-refractivity contribution >= 4 is 15.9 Å². The van der Waals surface area contributed by atoms with Gasteiger partial charge in [-0.1, -0.05) is 29.5 Å². The smallest absolute Gasteiger partial charge is 0.337 e. The standard InChI is InChI=1S/C12H20N4O3S/c17-20(18,10-4-2-1-3-5-10)12-15-14-11(19-12)16-8-6-13-7-9-16/h10,13H,1-9H2. The van der Waals surface area contributed by atoms with Crippen LogP contribution in [0, 0.1) is 0 Å². The molecule has 0 atom stereocenters. The third-order valence-corrected chi connectivity index (χ3v) is 6.02. The second-order valence-corrected chi connectivity index (χ2v) is 7.50. The van der Waals surface area contributed by atoms with E-state index in [1.807, 2.05) is 4.90 Å². The van der Waals surface area contributed by atoms with Gasteiger partial charge in [0.1, 0.15) is 0 Å². The lowest BCUT2D eigenvalue weighted by molar-refractivity contribution is 0.405. The van der Waals surface area contributed by atoms with Crippen LogP contribution in [0.25, 0.3) is 0 Å². The first-order chi connectivity index (χ1) is 9.68. The fraction of sp³-hybridized carbons (Fsp3) is 0.833. The number of nitrogens with one attached hydrogen (secondary N) is 1. The molecule has 0 bridgehead atoms. The van der Waals surface area contributed by atoms with Crippen molar-refractivity contribution in [2.75, 3.05) is 31.1 Å². The van der Waals surface area contributed by atoms with E-state index in [9.17, 15) is 8.42 Å². The quantitative estimate of drug-likeness (QED) is 0.873. The normalized spacial score (nSPS) is 22.1. The topological polar surface area (TPSA) is 88.3 Å². The van der Waals surface area contributed by atoms with Crippen molar-refractivity contribution in [2.24, 2.45) is 0 Å². The fourth-order valence-electron chi connectivity index (χ4n) is 2.82. The summed E-state index contributed by atoms with van der Waals surface area (Å²) in [7, 11) is -3.46. The monoisotopic (exact) mass is 300 g/mol. The van der Waals surface area contributed by atoms with Crippen LogP contribution in [0.5, 0.6) is 0 Å². The Kier molecular flexibility index (Phi) is 3.93. The van der Waals surface area contributed by atoms with Gasteiger partial charge in [0, 0.05) is 26.2 Å². The second-order valence-electron chi connectivity index (χ2n) is 5.39. The van der Waals surface area contributed by atoms with Crippen LogP contribution in [0.2, 0.25) is 0 Å². The molecule has 2 fully saturated rings. The molecule has 0 radical (unpaired) electrons. The Bertz CT molecular complexity index is 545. The van der Waals surface area contributed by atoms with Crippen molar-refractivity contribution in [1.82, 2.24) is 15.5 Å². The van der Waals surface area contributed by atoms with Crippen molar-refractivity contribution in [3.05, 3.63) is 0 Å². The van der Waals surface area contributed by atoms with Crippen LogP contribution < -0.4 is 10.2 Å². The molecule has 1 aliphatic carbocycles. The zero-order valence-corrected chi connectivity index (χ0v) is 12.2. The summed E-state index contributed by atoms with van der Waals surface area (Å²) in [5.41, 5.74) is 0. The van der Waals surface area contributed by atoms with Crippen molar-refractivity contribution in [2.45, 2.75) is 42.6 Å². The van der Waals surface area contributed by atoms with Crippen LogP contribution in [0.4, 0.5) is 6.01 Å². The third kappa shape index (κ3) is 2.67. The van der Waals surface area contributed by atoms with E-state index in [4.69, 9.17) is 4.42 Å². The Morgan fingerprint density at radius 3 is 2.50 bits per heavy atom. The van der Waals surface area contributed by atoms with E-state index >= 15 is 0 Å². The van der Waals surface area contributed by atoms with E-state index in [2.05, 4.69) is 15.5 Å². The van der Waals surface area contributed by atoms with Gasteiger partial charge in [0.2, 0.25) is 9.84 Å². The molecule has 20 heavy (non-hydrogen) atoms. The lowest BCUT2D eigenvalue weighted by atomic mass is 10.0. The molecule has 1 saturated carbocycles. The molecule has 112 valence electrons. The van der Waals surface area contributed by atoms with E-state index in [-0.39, 0.29) is 10.5 Å². The maximum atomic E-state index is 12.5.